The molecule has 2 aromatic heterocycles. The number of nitrogens with one attached hydrogen (secondary N) is 1. The summed E-state index contributed by atoms with van der Waals surface area (Å²) in [7, 11) is 0. The minimum absolute atomic E-state index is 0.0930. The number of amides is 1. The van der Waals surface area contributed by atoms with Crippen LogP contribution in [0.1, 0.15) is 11.1 Å². The van der Waals surface area contributed by atoms with Crippen molar-refractivity contribution in [1.82, 2.24) is 9.97 Å². The molecule has 0 saturated carbocycles. The first-order valence-corrected chi connectivity index (χ1v) is 6.77. The van der Waals surface area contributed by atoms with E-state index < -0.39 is 0 Å². The molecule has 3 aromatic rings. The van der Waals surface area contributed by atoms with Crippen molar-refractivity contribution in [2.24, 2.45) is 0 Å². The van der Waals surface area contributed by atoms with E-state index in [0.29, 0.717) is 5.82 Å². The second-order valence-electron chi connectivity index (χ2n) is 4.94. The highest BCUT2D eigenvalue weighted by atomic mass is 16.1. The van der Waals surface area contributed by atoms with Crippen LogP contribution in [0.15, 0.2) is 54.9 Å². The van der Waals surface area contributed by atoms with Gasteiger partial charge in [0, 0.05) is 17.8 Å². The third-order valence-corrected chi connectivity index (χ3v) is 3.25. The van der Waals surface area contributed by atoms with Gasteiger partial charge in [-0.1, -0.05) is 30.3 Å². The van der Waals surface area contributed by atoms with Gasteiger partial charge in [-0.15, -0.1) is 0 Å². The van der Waals surface area contributed by atoms with E-state index in [0.717, 1.165) is 22.0 Å². The number of aryl methyl sites for hydroxylation is 1. The normalized spacial score (nSPS) is 10.5. The fourth-order valence-electron chi connectivity index (χ4n) is 2.21. The topological polar surface area (TPSA) is 54.9 Å². The number of nitrogens with zero attached hydrogens (tertiary/aromatic N) is 2. The van der Waals surface area contributed by atoms with Crippen molar-refractivity contribution in [2.45, 2.75) is 13.3 Å². The van der Waals surface area contributed by atoms with E-state index in [1.54, 1.807) is 18.5 Å². The van der Waals surface area contributed by atoms with E-state index in [1.807, 2.05) is 43.3 Å². The third kappa shape index (κ3) is 3.05. The number of fused-ring (bicyclic) bond motifs is 1. The van der Waals surface area contributed by atoms with Crippen LogP contribution in [0.2, 0.25) is 0 Å². The maximum atomic E-state index is 12.1. The zero-order valence-corrected chi connectivity index (χ0v) is 11.7. The molecule has 0 bridgehead atoms. The standard InChI is InChI=1S/C17H15N3O/c1-12-7-8-15(19-11-12)20-16(21)10-14-5-2-4-13-6-3-9-18-17(13)14/h2-9,11H,10H2,1H3,(H,19,20,21). The summed E-state index contributed by atoms with van der Waals surface area (Å²) in [6.45, 7) is 1.96. The molecule has 0 atom stereocenters. The average Bonchev–Trinajstić information content (AvgIpc) is 2.50. The van der Waals surface area contributed by atoms with Crippen LogP contribution in [-0.2, 0) is 11.2 Å². The Balaban J connectivity index is 1.79. The molecule has 0 radical (unpaired) electrons. The van der Waals surface area contributed by atoms with Gasteiger partial charge in [0.15, 0.2) is 0 Å². The van der Waals surface area contributed by atoms with E-state index in [9.17, 15) is 4.79 Å². The van der Waals surface area contributed by atoms with Crippen LogP contribution < -0.4 is 5.32 Å². The van der Waals surface area contributed by atoms with Gasteiger partial charge in [-0.05, 0) is 30.2 Å². The molecule has 2 heterocycles. The van der Waals surface area contributed by atoms with E-state index in [2.05, 4.69) is 15.3 Å². The van der Waals surface area contributed by atoms with Crippen LogP contribution in [0.5, 0.6) is 0 Å². The number of carbonyl (C=O) groups excluding carboxylic acids is 1. The molecule has 0 fully saturated rings. The van der Waals surface area contributed by atoms with E-state index in [1.165, 1.54) is 0 Å². The highest BCUT2D eigenvalue weighted by Gasteiger charge is 2.08. The van der Waals surface area contributed by atoms with Crippen LogP contribution in [0.25, 0.3) is 10.9 Å². The van der Waals surface area contributed by atoms with Crippen molar-refractivity contribution < 1.29 is 4.79 Å². The first-order chi connectivity index (χ1) is 10.2. The quantitative estimate of drug-likeness (QED) is 0.800. The smallest absolute Gasteiger partial charge is 0.230 e. The van der Waals surface area contributed by atoms with Crippen LogP contribution in [0.3, 0.4) is 0 Å². The third-order valence-electron chi connectivity index (χ3n) is 3.25. The molecule has 0 unspecified atom stereocenters. The first-order valence-electron chi connectivity index (χ1n) is 6.77. The van der Waals surface area contributed by atoms with Gasteiger partial charge in [0.25, 0.3) is 0 Å². The number of para-hydroxylation sites is 1. The van der Waals surface area contributed by atoms with Gasteiger partial charge in [-0.25, -0.2) is 4.98 Å². The summed E-state index contributed by atoms with van der Waals surface area (Å²) in [5.41, 5.74) is 2.84. The maximum absolute atomic E-state index is 12.1. The van der Waals surface area contributed by atoms with Gasteiger partial charge >= 0.3 is 0 Å². The summed E-state index contributed by atoms with van der Waals surface area (Å²) in [6, 6.07) is 13.5. The van der Waals surface area contributed by atoms with Crippen molar-refractivity contribution in [3.8, 4) is 0 Å². The number of benzene rings is 1. The molecular weight excluding hydrogens is 262 g/mol. The number of hydrogen-bond donors (Lipinski definition) is 1. The van der Waals surface area contributed by atoms with Crippen LogP contribution in [0.4, 0.5) is 5.82 Å². The Labute approximate surface area is 122 Å². The molecular formula is C17H15N3O. The highest BCUT2D eigenvalue weighted by Crippen LogP contribution is 2.16. The first kappa shape index (κ1) is 13.2. The summed E-state index contributed by atoms with van der Waals surface area (Å²) >= 11 is 0. The van der Waals surface area contributed by atoms with Gasteiger partial charge in [0.2, 0.25) is 5.91 Å². The second-order valence-corrected chi connectivity index (χ2v) is 4.94. The predicted molar refractivity (Wildman–Crippen MR) is 83.1 cm³/mol. The molecule has 3 rings (SSSR count). The Morgan fingerprint density at radius 3 is 2.76 bits per heavy atom. The van der Waals surface area contributed by atoms with Gasteiger partial charge in [0.05, 0.1) is 11.9 Å². The van der Waals surface area contributed by atoms with Crippen molar-refractivity contribution in [2.75, 3.05) is 5.32 Å². The molecule has 1 aromatic carbocycles. The van der Waals surface area contributed by atoms with Gasteiger partial charge in [0.1, 0.15) is 5.82 Å². The Hall–Kier alpha value is -2.75. The predicted octanol–water partition coefficient (Wildman–Crippen LogP) is 3.12. The Kier molecular flexibility index (Phi) is 3.60. The summed E-state index contributed by atoms with van der Waals surface area (Å²) in [5.74, 6) is 0.475. The number of anilines is 1. The number of aromatic nitrogens is 2. The lowest BCUT2D eigenvalue weighted by atomic mass is 10.1. The molecule has 1 amide bonds. The molecule has 104 valence electrons. The average molecular weight is 277 g/mol. The van der Waals surface area contributed by atoms with Gasteiger partial charge < -0.3 is 5.32 Å². The Bertz CT molecular complexity index is 776. The molecule has 0 aliphatic carbocycles. The lowest BCUT2D eigenvalue weighted by molar-refractivity contribution is -0.115. The van der Waals surface area contributed by atoms with Gasteiger partial charge in [-0.2, -0.15) is 0 Å². The van der Waals surface area contributed by atoms with Crippen LogP contribution >= 0.6 is 0 Å². The minimum atomic E-state index is -0.0930. The van der Waals surface area contributed by atoms with Crippen molar-refractivity contribution in [3.63, 3.8) is 0 Å². The lowest BCUT2D eigenvalue weighted by Gasteiger charge is -2.07. The minimum Gasteiger partial charge on any atom is -0.310 e. The fraction of sp³-hybridized carbons (Fsp3) is 0.118. The van der Waals surface area contributed by atoms with Crippen molar-refractivity contribution >= 4 is 22.6 Å². The molecule has 0 aliphatic heterocycles. The SMILES string of the molecule is Cc1ccc(NC(=O)Cc2cccc3cccnc23)nc1. The molecule has 0 saturated heterocycles. The maximum Gasteiger partial charge on any atom is 0.230 e. The number of hydrogen-bond acceptors (Lipinski definition) is 3. The number of rotatable bonds is 3. The summed E-state index contributed by atoms with van der Waals surface area (Å²) in [6.07, 6.45) is 3.75. The number of carbonyl (C=O) groups is 1. The van der Waals surface area contributed by atoms with E-state index in [-0.39, 0.29) is 12.3 Å². The molecule has 4 nitrogen and oxygen atoms in total. The van der Waals surface area contributed by atoms with E-state index in [4.69, 9.17) is 0 Å². The van der Waals surface area contributed by atoms with Crippen LogP contribution in [-0.4, -0.2) is 15.9 Å². The number of pyridine rings is 2. The molecule has 4 heteroatoms. The fourth-order valence-corrected chi connectivity index (χ4v) is 2.21. The lowest BCUT2D eigenvalue weighted by Crippen LogP contribution is -2.15. The monoisotopic (exact) mass is 277 g/mol. The Morgan fingerprint density at radius 2 is 1.95 bits per heavy atom. The molecule has 21 heavy (non-hydrogen) atoms. The summed E-state index contributed by atoms with van der Waals surface area (Å²) in [5, 5.41) is 3.84. The second kappa shape index (κ2) is 5.71. The highest BCUT2D eigenvalue weighted by molar-refractivity contribution is 5.94. The van der Waals surface area contributed by atoms with E-state index >= 15 is 0 Å². The summed E-state index contributed by atoms with van der Waals surface area (Å²) in [4.78, 5) is 20.7. The van der Waals surface area contributed by atoms with Crippen LogP contribution in [0, 0.1) is 6.92 Å². The molecule has 0 aliphatic rings. The summed E-state index contributed by atoms with van der Waals surface area (Å²) < 4.78 is 0. The largest absolute Gasteiger partial charge is 0.310 e. The zero-order chi connectivity index (χ0) is 14.7. The Morgan fingerprint density at radius 1 is 1.10 bits per heavy atom. The molecule has 0 spiro atoms. The molecule has 1 N–H and O–H groups in total. The zero-order valence-electron chi connectivity index (χ0n) is 11.7. The van der Waals surface area contributed by atoms with Crippen molar-refractivity contribution in [3.05, 3.63) is 66.0 Å². The van der Waals surface area contributed by atoms with Gasteiger partial charge in [-0.3, -0.25) is 9.78 Å². The van der Waals surface area contributed by atoms with Crippen molar-refractivity contribution in [1.29, 1.82) is 0 Å².